The Morgan fingerprint density at radius 2 is 2.09 bits per heavy atom. The van der Waals surface area contributed by atoms with Crippen molar-refractivity contribution in [2.75, 3.05) is 45.1 Å². The number of aromatic nitrogens is 1. The van der Waals surface area contributed by atoms with E-state index < -0.39 is 0 Å². The van der Waals surface area contributed by atoms with Crippen molar-refractivity contribution in [1.82, 2.24) is 15.2 Å². The number of nitrogens with two attached hydrogens (primary N) is 1. The average molecular weight is 314 g/mol. The molecule has 1 aromatic carbocycles. The van der Waals surface area contributed by atoms with E-state index >= 15 is 0 Å². The molecule has 2 heterocycles. The molecule has 0 spiro atoms. The predicted molar refractivity (Wildman–Crippen MR) is 90.1 cm³/mol. The number of fused-ring (bicyclic) bond motifs is 1. The summed E-state index contributed by atoms with van der Waals surface area (Å²) in [5, 5.41) is 3.94. The third-order valence-corrected chi connectivity index (χ3v) is 3.97. The number of hydrogen-bond donors (Lipinski definition) is 2. The molecule has 0 bridgehead atoms. The monoisotopic (exact) mass is 314 g/mol. The van der Waals surface area contributed by atoms with Crippen LogP contribution >= 0.6 is 0 Å². The molecule has 2 aromatic rings. The largest absolute Gasteiger partial charge is 0.399 e. The lowest BCUT2D eigenvalue weighted by atomic mass is 10.1. The van der Waals surface area contributed by atoms with Gasteiger partial charge in [-0.25, -0.2) is 0 Å². The Balaban J connectivity index is 1.50. The first-order chi connectivity index (χ1) is 11.2. The molecule has 0 aliphatic carbocycles. The van der Waals surface area contributed by atoms with E-state index in [1.165, 1.54) is 0 Å². The second-order valence-electron chi connectivity index (χ2n) is 5.74. The zero-order valence-corrected chi connectivity index (χ0v) is 13.1. The number of carbonyl (C=O) groups is 1. The first-order valence-corrected chi connectivity index (χ1v) is 7.93. The molecule has 0 saturated carbocycles. The predicted octanol–water partition coefficient (Wildman–Crippen LogP) is 0.808. The summed E-state index contributed by atoms with van der Waals surface area (Å²) in [4.78, 5) is 18.8. The van der Waals surface area contributed by atoms with Crippen molar-refractivity contribution < 1.29 is 9.53 Å². The highest BCUT2D eigenvalue weighted by atomic mass is 16.5. The normalized spacial score (nSPS) is 15.7. The van der Waals surface area contributed by atoms with Gasteiger partial charge in [0.2, 0.25) is 5.91 Å². The highest BCUT2D eigenvalue weighted by molar-refractivity contribution is 5.83. The fourth-order valence-electron chi connectivity index (χ4n) is 2.69. The summed E-state index contributed by atoms with van der Waals surface area (Å²) in [5.41, 5.74) is 8.10. The van der Waals surface area contributed by atoms with Crippen molar-refractivity contribution in [2.45, 2.75) is 6.42 Å². The quantitative estimate of drug-likeness (QED) is 0.798. The Morgan fingerprint density at radius 1 is 1.26 bits per heavy atom. The molecule has 122 valence electrons. The summed E-state index contributed by atoms with van der Waals surface area (Å²) >= 11 is 0. The van der Waals surface area contributed by atoms with Crippen LogP contribution in [0.5, 0.6) is 0 Å². The molecular formula is C17H22N4O2. The zero-order valence-electron chi connectivity index (χ0n) is 13.1. The topological polar surface area (TPSA) is 80.5 Å². The lowest BCUT2D eigenvalue weighted by Gasteiger charge is -2.26. The molecule has 23 heavy (non-hydrogen) atoms. The van der Waals surface area contributed by atoms with Gasteiger partial charge >= 0.3 is 0 Å². The molecule has 1 fully saturated rings. The summed E-state index contributed by atoms with van der Waals surface area (Å²) in [7, 11) is 0. The van der Waals surface area contributed by atoms with Gasteiger partial charge in [-0.3, -0.25) is 14.7 Å². The number of nitrogens with one attached hydrogen (secondary N) is 1. The van der Waals surface area contributed by atoms with E-state index in [4.69, 9.17) is 10.5 Å². The van der Waals surface area contributed by atoms with Crippen molar-refractivity contribution in [2.24, 2.45) is 0 Å². The van der Waals surface area contributed by atoms with Crippen LogP contribution in [-0.2, 0) is 16.0 Å². The summed E-state index contributed by atoms with van der Waals surface area (Å²) in [5.74, 6) is 0.000513. The van der Waals surface area contributed by atoms with Crippen LogP contribution in [0.2, 0.25) is 0 Å². The maximum absolute atomic E-state index is 12.0. The van der Waals surface area contributed by atoms with E-state index in [0.29, 0.717) is 18.7 Å². The number of anilines is 1. The van der Waals surface area contributed by atoms with Crippen LogP contribution < -0.4 is 11.1 Å². The van der Waals surface area contributed by atoms with Gasteiger partial charge in [-0.15, -0.1) is 0 Å². The summed E-state index contributed by atoms with van der Waals surface area (Å²) in [6.07, 6.45) is 0.295. The zero-order chi connectivity index (χ0) is 16.1. The number of morpholine rings is 1. The number of ether oxygens (including phenoxy) is 1. The SMILES string of the molecule is Nc1ccc2nc(CC(=O)NCCN3CCOCC3)ccc2c1. The number of carbonyl (C=O) groups excluding carboxylic acids is 1. The van der Waals surface area contributed by atoms with E-state index in [-0.39, 0.29) is 5.91 Å². The Labute approximate surface area is 135 Å². The maximum Gasteiger partial charge on any atom is 0.226 e. The van der Waals surface area contributed by atoms with E-state index in [9.17, 15) is 4.79 Å². The number of pyridine rings is 1. The fourth-order valence-corrected chi connectivity index (χ4v) is 2.69. The molecule has 1 saturated heterocycles. The number of rotatable bonds is 5. The number of amides is 1. The summed E-state index contributed by atoms with van der Waals surface area (Å²) in [6, 6.07) is 9.42. The van der Waals surface area contributed by atoms with Crippen molar-refractivity contribution >= 4 is 22.5 Å². The lowest BCUT2D eigenvalue weighted by molar-refractivity contribution is -0.120. The average Bonchev–Trinajstić information content (AvgIpc) is 2.56. The van der Waals surface area contributed by atoms with Gasteiger partial charge in [0, 0.05) is 37.3 Å². The van der Waals surface area contributed by atoms with E-state index in [2.05, 4.69) is 15.2 Å². The molecule has 1 amide bonds. The Kier molecular flexibility index (Phi) is 5.05. The van der Waals surface area contributed by atoms with Gasteiger partial charge in [0.1, 0.15) is 0 Å². The second kappa shape index (κ2) is 7.39. The second-order valence-corrected chi connectivity index (χ2v) is 5.74. The van der Waals surface area contributed by atoms with Gasteiger partial charge in [-0.05, 0) is 24.3 Å². The Hall–Kier alpha value is -2.18. The smallest absolute Gasteiger partial charge is 0.226 e. The third-order valence-electron chi connectivity index (χ3n) is 3.97. The minimum Gasteiger partial charge on any atom is -0.399 e. The van der Waals surface area contributed by atoms with Crippen LogP contribution in [0.15, 0.2) is 30.3 Å². The minimum absolute atomic E-state index is 0.000513. The fraction of sp³-hybridized carbons (Fsp3) is 0.412. The molecule has 6 heteroatoms. The van der Waals surface area contributed by atoms with Crippen molar-refractivity contribution in [1.29, 1.82) is 0 Å². The van der Waals surface area contributed by atoms with Crippen molar-refractivity contribution in [3.63, 3.8) is 0 Å². The third kappa shape index (κ3) is 4.40. The first-order valence-electron chi connectivity index (χ1n) is 7.93. The summed E-state index contributed by atoms with van der Waals surface area (Å²) in [6.45, 7) is 4.94. The molecule has 6 nitrogen and oxygen atoms in total. The standard InChI is InChI=1S/C17H22N4O2/c18-14-2-4-16-13(11-14)1-3-15(20-16)12-17(22)19-5-6-21-7-9-23-10-8-21/h1-4,11H,5-10,12,18H2,(H,19,22). The molecule has 0 unspecified atom stereocenters. The number of benzene rings is 1. The van der Waals surface area contributed by atoms with E-state index in [1.807, 2.05) is 30.3 Å². The lowest BCUT2D eigenvalue weighted by Crippen LogP contribution is -2.41. The van der Waals surface area contributed by atoms with Crippen LogP contribution in [0, 0.1) is 0 Å². The Bertz CT molecular complexity index is 683. The minimum atomic E-state index is 0.000513. The van der Waals surface area contributed by atoms with Crippen LogP contribution in [0.25, 0.3) is 10.9 Å². The molecule has 3 N–H and O–H groups in total. The molecule has 0 radical (unpaired) electrons. The highest BCUT2D eigenvalue weighted by Gasteiger charge is 2.10. The van der Waals surface area contributed by atoms with Gasteiger partial charge in [-0.1, -0.05) is 6.07 Å². The highest BCUT2D eigenvalue weighted by Crippen LogP contribution is 2.16. The van der Waals surface area contributed by atoms with Crippen LogP contribution in [-0.4, -0.2) is 55.2 Å². The van der Waals surface area contributed by atoms with E-state index in [0.717, 1.165) is 49.4 Å². The molecule has 3 rings (SSSR count). The van der Waals surface area contributed by atoms with Crippen LogP contribution in [0.4, 0.5) is 5.69 Å². The molecular weight excluding hydrogens is 292 g/mol. The van der Waals surface area contributed by atoms with Gasteiger partial charge in [0.25, 0.3) is 0 Å². The van der Waals surface area contributed by atoms with E-state index in [1.54, 1.807) is 0 Å². The number of nitrogens with zero attached hydrogens (tertiary/aromatic N) is 2. The first kappa shape index (κ1) is 15.7. The van der Waals surface area contributed by atoms with Crippen molar-refractivity contribution in [3.05, 3.63) is 36.0 Å². The number of hydrogen-bond acceptors (Lipinski definition) is 5. The molecule has 1 aromatic heterocycles. The van der Waals surface area contributed by atoms with Crippen molar-refractivity contribution in [3.8, 4) is 0 Å². The number of nitrogen functional groups attached to an aromatic ring is 1. The van der Waals surface area contributed by atoms with Gasteiger partial charge in [-0.2, -0.15) is 0 Å². The summed E-state index contributed by atoms with van der Waals surface area (Å²) < 4.78 is 5.30. The van der Waals surface area contributed by atoms with Gasteiger partial charge < -0.3 is 15.8 Å². The van der Waals surface area contributed by atoms with Crippen LogP contribution in [0.1, 0.15) is 5.69 Å². The molecule has 1 aliphatic rings. The maximum atomic E-state index is 12.0. The van der Waals surface area contributed by atoms with Crippen LogP contribution in [0.3, 0.4) is 0 Å². The Morgan fingerprint density at radius 3 is 2.91 bits per heavy atom. The van der Waals surface area contributed by atoms with Gasteiger partial charge in [0.15, 0.2) is 0 Å². The van der Waals surface area contributed by atoms with Gasteiger partial charge in [0.05, 0.1) is 30.8 Å². The molecule has 0 atom stereocenters. The molecule has 1 aliphatic heterocycles.